The molecule has 0 aliphatic carbocycles. The van der Waals surface area contributed by atoms with Crippen molar-refractivity contribution < 1.29 is 9.21 Å². The Balaban J connectivity index is 1.93. The number of rotatable bonds is 2. The van der Waals surface area contributed by atoms with E-state index in [4.69, 9.17) is 4.42 Å². The summed E-state index contributed by atoms with van der Waals surface area (Å²) in [5.41, 5.74) is 3.61. The number of anilines is 1. The largest absolute Gasteiger partial charge is 0.459 e. The van der Waals surface area contributed by atoms with Gasteiger partial charge in [-0.15, -0.1) is 0 Å². The van der Waals surface area contributed by atoms with Crippen LogP contribution in [0.3, 0.4) is 0 Å². The molecule has 0 unspecified atom stereocenters. The van der Waals surface area contributed by atoms with E-state index in [1.807, 2.05) is 36.6 Å². The van der Waals surface area contributed by atoms with Gasteiger partial charge in [-0.25, -0.2) is 4.98 Å². The van der Waals surface area contributed by atoms with Crippen LogP contribution in [0.15, 0.2) is 41.1 Å². The zero-order valence-corrected chi connectivity index (χ0v) is 10.7. The molecule has 0 spiro atoms. The normalized spacial score (nSPS) is 10.8. The molecule has 0 bridgehead atoms. The third-order valence-electron chi connectivity index (χ3n) is 3.10. The van der Waals surface area contributed by atoms with E-state index in [-0.39, 0.29) is 5.91 Å². The topological polar surface area (TPSA) is 59.5 Å². The van der Waals surface area contributed by atoms with Crippen LogP contribution in [0.2, 0.25) is 0 Å². The summed E-state index contributed by atoms with van der Waals surface area (Å²) < 4.78 is 7.00. The first-order valence-corrected chi connectivity index (χ1v) is 5.95. The fourth-order valence-corrected chi connectivity index (χ4v) is 1.95. The van der Waals surface area contributed by atoms with Gasteiger partial charge in [-0.3, -0.25) is 4.79 Å². The number of aromatic nitrogens is 2. The quantitative estimate of drug-likeness (QED) is 0.766. The van der Waals surface area contributed by atoms with E-state index >= 15 is 0 Å². The number of amides is 1. The summed E-state index contributed by atoms with van der Waals surface area (Å²) >= 11 is 0. The molecule has 0 atom stereocenters. The second kappa shape index (κ2) is 4.28. The van der Waals surface area contributed by atoms with Crippen molar-refractivity contribution in [3.63, 3.8) is 0 Å². The zero-order valence-electron chi connectivity index (χ0n) is 10.7. The molecule has 0 aromatic carbocycles. The average Bonchev–Trinajstić information content (AvgIpc) is 3.01. The lowest BCUT2D eigenvalue weighted by atomic mass is 10.3. The highest BCUT2D eigenvalue weighted by Crippen LogP contribution is 2.16. The van der Waals surface area contributed by atoms with Crippen LogP contribution >= 0.6 is 0 Å². The molecule has 5 nitrogen and oxygen atoms in total. The van der Waals surface area contributed by atoms with Gasteiger partial charge < -0.3 is 14.1 Å². The van der Waals surface area contributed by atoms with E-state index < -0.39 is 0 Å². The lowest BCUT2D eigenvalue weighted by molar-refractivity contribution is 0.0996. The Labute approximate surface area is 109 Å². The Hall–Kier alpha value is -2.56. The van der Waals surface area contributed by atoms with Crippen molar-refractivity contribution >= 4 is 17.2 Å². The van der Waals surface area contributed by atoms with Crippen molar-refractivity contribution in [2.24, 2.45) is 0 Å². The van der Waals surface area contributed by atoms with Crippen molar-refractivity contribution in [1.29, 1.82) is 0 Å². The molecule has 96 valence electrons. The molecule has 3 aromatic heterocycles. The molecule has 1 N–H and O–H groups in total. The van der Waals surface area contributed by atoms with Crippen LogP contribution in [0.1, 0.15) is 21.9 Å². The number of hydrogen-bond acceptors (Lipinski definition) is 3. The molecule has 0 saturated carbocycles. The maximum atomic E-state index is 11.9. The van der Waals surface area contributed by atoms with Crippen LogP contribution < -0.4 is 5.32 Å². The molecular weight excluding hydrogens is 242 g/mol. The summed E-state index contributed by atoms with van der Waals surface area (Å²) in [6, 6.07) is 7.00. The van der Waals surface area contributed by atoms with E-state index in [2.05, 4.69) is 10.3 Å². The lowest BCUT2D eigenvalue weighted by Crippen LogP contribution is -2.11. The molecule has 19 heavy (non-hydrogen) atoms. The standard InChI is InChI=1S/C14H13N3O2/c1-9-10(2)17-8-11(5-6-13(17)15-9)16-14(18)12-4-3-7-19-12/h3-8H,1-2H3,(H,16,18). The minimum Gasteiger partial charge on any atom is -0.459 e. The maximum absolute atomic E-state index is 11.9. The van der Waals surface area contributed by atoms with Gasteiger partial charge in [-0.2, -0.15) is 0 Å². The first-order valence-electron chi connectivity index (χ1n) is 5.95. The fourth-order valence-electron chi connectivity index (χ4n) is 1.95. The van der Waals surface area contributed by atoms with Crippen LogP contribution in [0.4, 0.5) is 5.69 Å². The molecule has 0 saturated heterocycles. The number of nitrogens with zero attached hydrogens (tertiary/aromatic N) is 2. The predicted octanol–water partition coefficient (Wildman–Crippen LogP) is 2.80. The molecular formula is C14H13N3O2. The fraction of sp³-hybridized carbons (Fsp3) is 0.143. The van der Waals surface area contributed by atoms with Gasteiger partial charge in [0.25, 0.3) is 5.91 Å². The SMILES string of the molecule is Cc1nc2ccc(NC(=O)c3ccco3)cn2c1C. The Morgan fingerprint density at radius 2 is 2.16 bits per heavy atom. The minimum absolute atomic E-state index is 0.265. The van der Waals surface area contributed by atoms with Gasteiger partial charge in [0.1, 0.15) is 5.65 Å². The van der Waals surface area contributed by atoms with Crippen LogP contribution in [-0.4, -0.2) is 15.3 Å². The van der Waals surface area contributed by atoms with E-state index in [1.54, 1.807) is 12.1 Å². The number of hydrogen-bond donors (Lipinski definition) is 1. The molecule has 5 heteroatoms. The van der Waals surface area contributed by atoms with Gasteiger partial charge in [-0.05, 0) is 38.1 Å². The molecule has 3 aromatic rings. The highest BCUT2D eigenvalue weighted by atomic mass is 16.3. The Kier molecular flexibility index (Phi) is 2.59. The first kappa shape index (κ1) is 11.5. The molecule has 1 amide bonds. The summed E-state index contributed by atoms with van der Waals surface area (Å²) in [6.07, 6.45) is 3.33. The summed E-state index contributed by atoms with van der Waals surface area (Å²) in [7, 11) is 0. The molecule has 3 rings (SSSR count). The van der Waals surface area contributed by atoms with Crippen LogP contribution in [0.25, 0.3) is 5.65 Å². The average molecular weight is 255 g/mol. The number of fused-ring (bicyclic) bond motifs is 1. The monoisotopic (exact) mass is 255 g/mol. The van der Waals surface area contributed by atoms with E-state index in [9.17, 15) is 4.79 Å². The second-order valence-corrected chi connectivity index (χ2v) is 4.36. The van der Waals surface area contributed by atoms with Crippen LogP contribution in [0, 0.1) is 13.8 Å². The molecule has 0 fully saturated rings. The highest BCUT2D eigenvalue weighted by molar-refractivity contribution is 6.02. The van der Waals surface area contributed by atoms with Gasteiger partial charge in [0.15, 0.2) is 5.76 Å². The maximum Gasteiger partial charge on any atom is 0.291 e. The number of pyridine rings is 1. The molecule has 0 radical (unpaired) electrons. The summed E-state index contributed by atoms with van der Waals surface area (Å²) in [5, 5.41) is 2.79. The van der Waals surface area contributed by atoms with Gasteiger partial charge in [0, 0.05) is 11.9 Å². The van der Waals surface area contributed by atoms with E-state index in [0.29, 0.717) is 11.4 Å². The van der Waals surface area contributed by atoms with Crippen molar-refractivity contribution in [1.82, 2.24) is 9.38 Å². The summed E-state index contributed by atoms with van der Waals surface area (Å²) in [5.74, 6) is 0.0254. The van der Waals surface area contributed by atoms with Crippen molar-refractivity contribution in [3.8, 4) is 0 Å². The van der Waals surface area contributed by atoms with Gasteiger partial charge in [-0.1, -0.05) is 0 Å². The van der Waals surface area contributed by atoms with Crippen LogP contribution in [-0.2, 0) is 0 Å². The zero-order chi connectivity index (χ0) is 13.4. The summed E-state index contributed by atoms with van der Waals surface area (Å²) in [6.45, 7) is 3.96. The van der Waals surface area contributed by atoms with Gasteiger partial charge in [0.05, 0.1) is 17.6 Å². The van der Waals surface area contributed by atoms with Crippen molar-refractivity contribution in [3.05, 3.63) is 53.9 Å². The Morgan fingerprint density at radius 3 is 2.89 bits per heavy atom. The second-order valence-electron chi connectivity index (χ2n) is 4.36. The Morgan fingerprint density at radius 1 is 1.32 bits per heavy atom. The lowest BCUT2D eigenvalue weighted by Gasteiger charge is -2.04. The van der Waals surface area contributed by atoms with E-state index in [1.165, 1.54) is 6.26 Å². The number of imidazole rings is 1. The predicted molar refractivity (Wildman–Crippen MR) is 71.3 cm³/mol. The third kappa shape index (κ3) is 1.99. The van der Waals surface area contributed by atoms with Crippen molar-refractivity contribution in [2.75, 3.05) is 5.32 Å². The number of aryl methyl sites for hydroxylation is 2. The van der Waals surface area contributed by atoms with Gasteiger partial charge in [0.2, 0.25) is 0 Å². The molecule has 3 heterocycles. The minimum atomic E-state index is -0.265. The smallest absolute Gasteiger partial charge is 0.291 e. The van der Waals surface area contributed by atoms with E-state index in [0.717, 1.165) is 17.0 Å². The van der Waals surface area contributed by atoms with Gasteiger partial charge >= 0.3 is 0 Å². The number of carbonyl (C=O) groups excluding carboxylic acids is 1. The van der Waals surface area contributed by atoms with Crippen molar-refractivity contribution in [2.45, 2.75) is 13.8 Å². The highest BCUT2D eigenvalue weighted by Gasteiger charge is 2.10. The third-order valence-corrected chi connectivity index (χ3v) is 3.10. The Bertz CT molecular complexity index is 741. The number of nitrogens with one attached hydrogen (secondary N) is 1. The first-order chi connectivity index (χ1) is 9.15. The molecule has 0 aliphatic rings. The molecule has 0 aliphatic heterocycles. The number of furan rings is 1. The number of carbonyl (C=O) groups is 1. The summed E-state index contributed by atoms with van der Waals surface area (Å²) in [4.78, 5) is 16.3. The van der Waals surface area contributed by atoms with Crippen LogP contribution in [0.5, 0.6) is 0 Å².